The summed E-state index contributed by atoms with van der Waals surface area (Å²) in [6.45, 7) is 6.40. The molecule has 1 aromatic rings. The second kappa shape index (κ2) is 5.44. The average Bonchev–Trinajstić information content (AvgIpc) is 2.42. The van der Waals surface area contributed by atoms with Crippen molar-refractivity contribution in [1.82, 2.24) is 0 Å². The number of hydrogen-bond donors (Lipinski definition) is 2. The summed E-state index contributed by atoms with van der Waals surface area (Å²) in [5.41, 5.74) is 2.29. The number of alkyl halides is 1. The summed E-state index contributed by atoms with van der Waals surface area (Å²) in [5.74, 6) is -0.605. The van der Waals surface area contributed by atoms with Crippen molar-refractivity contribution in [3.05, 3.63) is 23.8 Å². The van der Waals surface area contributed by atoms with Crippen molar-refractivity contribution in [2.24, 2.45) is 5.41 Å². The van der Waals surface area contributed by atoms with Gasteiger partial charge in [-0.15, -0.1) is 11.6 Å². The third kappa shape index (κ3) is 3.73. The van der Waals surface area contributed by atoms with Crippen molar-refractivity contribution < 1.29 is 9.59 Å². The van der Waals surface area contributed by atoms with Gasteiger partial charge in [0, 0.05) is 0 Å². The van der Waals surface area contributed by atoms with Gasteiger partial charge >= 0.3 is 0 Å². The topological polar surface area (TPSA) is 58.2 Å². The van der Waals surface area contributed by atoms with Crippen LogP contribution in [0.2, 0.25) is 0 Å². The maximum Gasteiger partial charge on any atom is 0.233 e. The predicted octanol–water partition coefficient (Wildman–Crippen LogP) is 3.68. The lowest BCUT2D eigenvalue weighted by Gasteiger charge is -2.22. The highest BCUT2D eigenvalue weighted by Crippen LogP contribution is 2.37. The van der Waals surface area contributed by atoms with Crippen LogP contribution in [0.25, 0.3) is 0 Å². The Morgan fingerprint density at radius 1 is 1.15 bits per heavy atom. The van der Waals surface area contributed by atoms with Gasteiger partial charge in [-0.1, -0.05) is 26.8 Å². The fourth-order valence-electron chi connectivity index (χ4n) is 2.16. The Labute approximate surface area is 123 Å². The van der Waals surface area contributed by atoms with E-state index in [-0.39, 0.29) is 29.0 Å². The lowest BCUT2D eigenvalue weighted by molar-refractivity contribution is -0.123. The first-order chi connectivity index (χ1) is 9.24. The van der Waals surface area contributed by atoms with Crippen molar-refractivity contribution >= 4 is 34.8 Å². The van der Waals surface area contributed by atoms with E-state index in [4.69, 9.17) is 11.6 Å². The summed E-state index contributed by atoms with van der Waals surface area (Å²) in [4.78, 5) is 23.0. The zero-order valence-corrected chi connectivity index (χ0v) is 12.7. The van der Waals surface area contributed by atoms with Crippen molar-refractivity contribution in [1.29, 1.82) is 0 Å². The Morgan fingerprint density at radius 3 is 2.35 bits per heavy atom. The minimum Gasteiger partial charge on any atom is -0.324 e. The molecule has 5 heteroatoms. The molecule has 0 fully saturated rings. The molecule has 0 aromatic heterocycles. The van der Waals surface area contributed by atoms with Gasteiger partial charge in [0.05, 0.1) is 16.8 Å². The first-order valence-corrected chi connectivity index (χ1v) is 7.06. The predicted molar refractivity (Wildman–Crippen MR) is 81.0 cm³/mol. The van der Waals surface area contributed by atoms with Crippen LogP contribution in [0.15, 0.2) is 18.2 Å². The van der Waals surface area contributed by atoms with E-state index < -0.39 is 0 Å². The van der Waals surface area contributed by atoms with Gasteiger partial charge in [-0.05, 0) is 29.5 Å². The first-order valence-electron chi connectivity index (χ1n) is 6.62. The third-order valence-corrected chi connectivity index (χ3v) is 3.47. The highest BCUT2D eigenvalue weighted by molar-refractivity contribution is 6.21. The fraction of sp³-hybridized carbons (Fsp3) is 0.467. The van der Waals surface area contributed by atoms with E-state index >= 15 is 0 Å². The van der Waals surface area contributed by atoms with Gasteiger partial charge in [0.15, 0.2) is 0 Å². The molecule has 2 rings (SSSR count). The number of benzene rings is 1. The molecule has 2 N–H and O–H groups in total. The highest BCUT2D eigenvalue weighted by Gasteiger charge is 2.22. The van der Waals surface area contributed by atoms with E-state index in [0.29, 0.717) is 11.4 Å². The molecular formula is C15H19ClN2O2. The van der Waals surface area contributed by atoms with Crippen molar-refractivity contribution in [2.75, 3.05) is 10.6 Å². The number of rotatable bonds is 2. The summed E-state index contributed by atoms with van der Waals surface area (Å²) in [7, 11) is 0. The standard InChI is InChI=1S/C15H19ClN2O2/c1-15(2,3)8-10(16)9-4-5-11-12(6-9)18-14(20)7-13(19)17-11/h4-6,10H,7-8H2,1-3H3,(H,17,19)(H,18,20). The van der Waals surface area contributed by atoms with E-state index in [1.807, 2.05) is 12.1 Å². The van der Waals surface area contributed by atoms with Gasteiger partial charge in [-0.3, -0.25) is 9.59 Å². The van der Waals surface area contributed by atoms with Crippen LogP contribution in [0, 0.1) is 5.41 Å². The molecule has 0 bridgehead atoms. The van der Waals surface area contributed by atoms with Crippen LogP contribution in [-0.4, -0.2) is 11.8 Å². The molecular weight excluding hydrogens is 276 g/mol. The summed E-state index contributed by atoms with van der Waals surface area (Å²) in [5, 5.41) is 5.30. The zero-order valence-electron chi connectivity index (χ0n) is 11.9. The zero-order chi connectivity index (χ0) is 14.9. The van der Waals surface area contributed by atoms with E-state index in [0.717, 1.165) is 12.0 Å². The van der Waals surface area contributed by atoms with Gasteiger partial charge in [0.25, 0.3) is 0 Å². The lowest BCUT2D eigenvalue weighted by atomic mass is 9.88. The lowest BCUT2D eigenvalue weighted by Crippen LogP contribution is -2.16. The van der Waals surface area contributed by atoms with Crippen LogP contribution in [0.1, 0.15) is 44.6 Å². The highest BCUT2D eigenvalue weighted by atomic mass is 35.5. The number of halogens is 1. The van der Waals surface area contributed by atoms with Crippen LogP contribution < -0.4 is 10.6 Å². The Morgan fingerprint density at radius 2 is 1.75 bits per heavy atom. The summed E-state index contributed by atoms with van der Waals surface area (Å²) < 4.78 is 0. The minimum absolute atomic E-state index is 0.122. The number of carbonyl (C=O) groups excluding carboxylic acids is 2. The fourth-order valence-corrected chi connectivity index (χ4v) is 2.76. The second-order valence-electron chi connectivity index (χ2n) is 6.31. The van der Waals surface area contributed by atoms with Crippen LogP contribution in [-0.2, 0) is 9.59 Å². The normalized spacial score (nSPS) is 16.8. The molecule has 4 nitrogen and oxygen atoms in total. The molecule has 1 heterocycles. The Balaban J connectivity index is 2.27. The molecule has 1 unspecified atom stereocenters. The largest absolute Gasteiger partial charge is 0.324 e. The van der Waals surface area contributed by atoms with Crippen molar-refractivity contribution in [3.8, 4) is 0 Å². The summed E-state index contributed by atoms with van der Waals surface area (Å²) >= 11 is 6.44. The number of anilines is 2. The van der Waals surface area contributed by atoms with Gasteiger partial charge in [0.2, 0.25) is 11.8 Å². The molecule has 1 aliphatic heterocycles. The summed E-state index contributed by atoms with van der Waals surface area (Å²) in [6, 6.07) is 5.51. The molecule has 108 valence electrons. The second-order valence-corrected chi connectivity index (χ2v) is 6.84. The number of carbonyl (C=O) groups is 2. The maximum absolute atomic E-state index is 11.6. The molecule has 0 spiro atoms. The van der Waals surface area contributed by atoms with E-state index in [1.165, 1.54) is 0 Å². The van der Waals surface area contributed by atoms with Gasteiger partial charge in [0.1, 0.15) is 6.42 Å². The van der Waals surface area contributed by atoms with Gasteiger partial charge in [-0.2, -0.15) is 0 Å². The van der Waals surface area contributed by atoms with Crippen molar-refractivity contribution in [2.45, 2.75) is 39.0 Å². The molecule has 1 atom stereocenters. The number of nitrogens with one attached hydrogen (secondary N) is 2. The van der Waals surface area contributed by atoms with Crippen LogP contribution >= 0.6 is 11.6 Å². The molecule has 0 saturated carbocycles. The van der Waals surface area contributed by atoms with Crippen LogP contribution in [0.3, 0.4) is 0 Å². The monoisotopic (exact) mass is 294 g/mol. The first kappa shape index (κ1) is 14.9. The summed E-state index contributed by atoms with van der Waals surface area (Å²) in [6.07, 6.45) is 0.671. The maximum atomic E-state index is 11.6. The minimum atomic E-state index is -0.305. The molecule has 2 amide bonds. The molecule has 0 aliphatic carbocycles. The quantitative estimate of drug-likeness (QED) is 0.645. The van der Waals surface area contributed by atoms with Crippen LogP contribution in [0.4, 0.5) is 11.4 Å². The number of hydrogen-bond acceptors (Lipinski definition) is 2. The average molecular weight is 295 g/mol. The Hall–Kier alpha value is -1.55. The van der Waals surface area contributed by atoms with Gasteiger partial charge < -0.3 is 10.6 Å². The molecule has 0 saturated heterocycles. The Bertz CT molecular complexity index is 549. The van der Waals surface area contributed by atoms with E-state index in [9.17, 15) is 9.59 Å². The van der Waals surface area contributed by atoms with Crippen LogP contribution in [0.5, 0.6) is 0 Å². The molecule has 1 aromatic carbocycles. The molecule has 0 radical (unpaired) electrons. The molecule has 20 heavy (non-hydrogen) atoms. The van der Waals surface area contributed by atoms with Crippen molar-refractivity contribution in [3.63, 3.8) is 0 Å². The SMILES string of the molecule is CC(C)(C)CC(Cl)c1ccc2c(c1)NC(=O)CC(=O)N2. The number of fused-ring (bicyclic) bond motifs is 1. The van der Waals surface area contributed by atoms with E-state index in [1.54, 1.807) is 6.07 Å². The van der Waals surface area contributed by atoms with Gasteiger partial charge in [-0.25, -0.2) is 0 Å². The number of amides is 2. The Kier molecular flexibility index (Phi) is 4.04. The van der Waals surface area contributed by atoms with E-state index in [2.05, 4.69) is 31.4 Å². The molecule has 1 aliphatic rings. The third-order valence-electron chi connectivity index (χ3n) is 3.07. The smallest absolute Gasteiger partial charge is 0.233 e.